The van der Waals surface area contributed by atoms with Gasteiger partial charge in [-0.3, -0.25) is 0 Å². The average molecular weight is 289 g/mol. The molecule has 1 N–H and O–H groups in total. The Bertz CT molecular complexity index is 509. The van der Waals surface area contributed by atoms with E-state index in [1.807, 2.05) is 6.92 Å². The van der Waals surface area contributed by atoms with Gasteiger partial charge in [-0.1, -0.05) is 6.42 Å². The van der Waals surface area contributed by atoms with E-state index in [0.29, 0.717) is 6.42 Å². The molecule has 4 nitrogen and oxygen atoms in total. The second-order valence-electron chi connectivity index (χ2n) is 5.10. The Balaban J connectivity index is 2.09. The Hall–Kier alpha value is -0.460. The molecule has 18 heavy (non-hydrogen) atoms. The predicted molar refractivity (Wildman–Crippen MR) is 72.4 cm³/mol. The van der Waals surface area contributed by atoms with E-state index in [0.717, 1.165) is 29.1 Å². The molecule has 1 saturated carbocycles. The van der Waals surface area contributed by atoms with Gasteiger partial charge in [0.1, 0.15) is 9.84 Å². The maximum Gasteiger partial charge on any atom is 0.150 e. The molecule has 1 aliphatic rings. The number of rotatable bonds is 3. The Kier molecular flexibility index (Phi) is 4.08. The molecule has 1 aliphatic carbocycles. The Labute approximate surface area is 112 Å². The van der Waals surface area contributed by atoms with Gasteiger partial charge >= 0.3 is 0 Å². The van der Waals surface area contributed by atoms with E-state index in [2.05, 4.69) is 4.98 Å². The van der Waals surface area contributed by atoms with Crippen molar-refractivity contribution in [3.05, 3.63) is 16.1 Å². The maximum absolute atomic E-state index is 11.6. The number of aliphatic hydroxyl groups excluding tert-OH is 1. The van der Waals surface area contributed by atoms with Gasteiger partial charge in [-0.15, -0.1) is 11.3 Å². The molecule has 102 valence electrons. The van der Waals surface area contributed by atoms with Crippen LogP contribution in [-0.2, 0) is 9.84 Å². The zero-order chi connectivity index (χ0) is 13.3. The van der Waals surface area contributed by atoms with Crippen LogP contribution in [-0.4, -0.2) is 30.0 Å². The van der Waals surface area contributed by atoms with Gasteiger partial charge < -0.3 is 5.11 Å². The van der Waals surface area contributed by atoms with Crippen LogP contribution in [0.15, 0.2) is 6.20 Å². The summed E-state index contributed by atoms with van der Waals surface area (Å²) in [7, 11) is -2.99. The summed E-state index contributed by atoms with van der Waals surface area (Å²) in [5.74, 6) is 0.0401. The summed E-state index contributed by atoms with van der Waals surface area (Å²) >= 11 is 1.49. The lowest BCUT2D eigenvalue weighted by molar-refractivity contribution is 0.0886. The lowest BCUT2D eigenvalue weighted by atomic mass is 9.84. The number of sulfone groups is 1. The first-order valence-electron chi connectivity index (χ1n) is 6.17. The van der Waals surface area contributed by atoms with E-state index >= 15 is 0 Å². The summed E-state index contributed by atoms with van der Waals surface area (Å²) in [5.41, 5.74) is 0. The zero-order valence-corrected chi connectivity index (χ0v) is 12.3. The van der Waals surface area contributed by atoms with Crippen LogP contribution in [0, 0.1) is 12.8 Å². The molecule has 1 aromatic rings. The van der Waals surface area contributed by atoms with Gasteiger partial charge in [0.15, 0.2) is 0 Å². The molecule has 6 heteroatoms. The van der Waals surface area contributed by atoms with Gasteiger partial charge in [0.2, 0.25) is 0 Å². The van der Waals surface area contributed by atoms with Crippen molar-refractivity contribution in [1.29, 1.82) is 0 Å². The monoisotopic (exact) mass is 289 g/mol. The second kappa shape index (κ2) is 5.27. The quantitative estimate of drug-likeness (QED) is 0.925. The Morgan fingerprint density at radius 2 is 2.22 bits per heavy atom. The third kappa shape index (κ3) is 3.10. The number of aliphatic hydroxyl groups is 1. The summed E-state index contributed by atoms with van der Waals surface area (Å²) < 4.78 is 23.2. The lowest BCUT2D eigenvalue weighted by Gasteiger charge is -2.30. The van der Waals surface area contributed by atoms with Gasteiger partial charge in [-0.2, -0.15) is 0 Å². The minimum absolute atomic E-state index is 0.0401. The molecule has 1 heterocycles. The fourth-order valence-electron chi connectivity index (χ4n) is 2.60. The van der Waals surface area contributed by atoms with Crippen LogP contribution in [0.2, 0.25) is 0 Å². The van der Waals surface area contributed by atoms with E-state index in [9.17, 15) is 13.5 Å². The second-order valence-corrected chi connectivity index (χ2v) is 8.70. The summed E-state index contributed by atoms with van der Waals surface area (Å²) in [6.07, 6.45) is 5.49. The number of aryl methyl sites for hydroxylation is 1. The maximum atomic E-state index is 11.6. The van der Waals surface area contributed by atoms with E-state index in [-0.39, 0.29) is 11.2 Å². The van der Waals surface area contributed by atoms with Gasteiger partial charge in [-0.05, 0) is 32.1 Å². The van der Waals surface area contributed by atoms with Gasteiger partial charge in [0, 0.05) is 12.5 Å². The Morgan fingerprint density at radius 1 is 1.50 bits per heavy atom. The van der Waals surface area contributed by atoms with E-state index in [4.69, 9.17) is 0 Å². The minimum atomic E-state index is -2.99. The molecule has 0 aliphatic heterocycles. The fourth-order valence-corrected chi connectivity index (χ4v) is 4.66. The summed E-state index contributed by atoms with van der Waals surface area (Å²) in [6.45, 7) is 1.90. The molecule has 0 radical (unpaired) electrons. The lowest BCUT2D eigenvalue weighted by Crippen LogP contribution is -2.30. The first kappa shape index (κ1) is 14.0. The first-order valence-corrected chi connectivity index (χ1v) is 8.94. The third-order valence-corrected chi connectivity index (χ3v) is 6.27. The van der Waals surface area contributed by atoms with Crippen molar-refractivity contribution >= 4 is 21.2 Å². The van der Waals surface area contributed by atoms with Crippen molar-refractivity contribution in [3.8, 4) is 0 Å². The predicted octanol–water partition coefficient (Wildman–Crippen LogP) is 2.09. The molecule has 1 aromatic heterocycles. The number of thiazole rings is 1. The van der Waals surface area contributed by atoms with Crippen LogP contribution in [0.25, 0.3) is 0 Å². The van der Waals surface area contributed by atoms with Crippen molar-refractivity contribution in [2.75, 3.05) is 6.26 Å². The van der Waals surface area contributed by atoms with Crippen molar-refractivity contribution < 1.29 is 13.5 Å². The molecule has 2 rings (SSSR count). The van der Waals surface area contributed by atoms with Gasteiger partial charge in [0.25, 0.3) is 0 Å². The molecule has 0 saturated heterocycles. The number of hydrogen-bond donors (Lipinski definition) is 1. The Morgan fingerprint density at radius 3 is 2.78 bits per heavy atom. The number of hydrogen-bond acceptors (Lipinski definition) is 5. The van der Waals surface area contributed by atoms with Crippen LogP contribution in [0.1, 0.15) is 41.7 Å². The molecular formula is C12H19NO3S2. The summed E-state index contributed by atoms with van der Waals surface area (Å²) in [4.78, 5) is 4.99. The highest BCUT2D eigenvalue weighted by molar-refractivity contribution is 7.91. The molecule has 1 fully saturated rings. The van der Waals surface area contributed by atoms with Crippen LogP contribution >= 0.6 is 11.3 Å². The van der Waals surface area contributed by atoms with Crippen LogP contribution < -0.4 is 0 Å². The highest BCUT2D eigenvalue weighted by Gasteiger charge is 2.33. The largest absolute Gasteiger partial charge is 0.387 e. The molecule has 3 atom stereocenters. The van der Waals surface area contributed by atoms with Gasteiger partial charge in [-0.25, -0.2) is 13.4 Å². The molecule has 0 aromatic carbocycles. The van der Waals surface area contributed by atoms with Gasteiger partial charge in [0.05, 0.1) is 21.2 Å². The normalized spacial score (nSPS) is 27.1. The molecule has 0 bridgehead atoms. The van der Waals surface area contributed by atoms with Crippen molar-refractivity contribution in [2.24, 2.45) is 5.92 Å². The average Bonchev–Trinajstić information content (AvgIpc) is 2.74. The zero-order valence-electron chi connectivity index (χ0n) is 10.7. The van der Waals surface area contributed by atoms with Crippen LogP contribution in [0.5, 0.6) is 0 Å². The SMILES string of the molecule is Cc1ncc(C(O)C2CCCC(S(C)(=O)=O)C2)s1. The molecular weight excluding hydrogens is 270 g/mol. The van der Waals surface area contributed by atoms with Crippen LogP contribution in [0.3, 0.4) is 0 Å². The smallest absolute Gasteiger partial charge is 0.150 e. The van der Waals surface area contributed by atoms with Crippen molar-refractivity contribution in [2.45, 2.75) is 44.0 Å². The van der Waals surface area contributed by atoms with Crippen molar-refractivity contribution in [1.82, 2.24) is 4.98 Å². The van der Waals surface area contributed by atoms with E-state index in [1.165, 1.54) is 17.6 Å². The van der Waals surface area contributed by atoms with Crippen LogP contribution in [0.4, 0.5) is 0 Å². The third-order valence-electron chi connectivity index (χ3n) is 3.65. The standard InChI is InChI=1S/C12H19NO3S2/c1-8-13-7-11(17-8)12(14)9-4-3-5-10(6-9)18(2,15)16/h7,9-10,12,14H,3-6H2,1-2H3. The molecule has 0 amide bonds. The van der Waals surface area contributed by atoms with Crippen molar-refractivity contribution in [3.63, 3.8) is 0 Å². The minimum Gasteiger partial charge on any atom is -0.387 e. The molecule has 0 spiro atoms. The topological polar surface area (TPSA) is 67.3 Å². The highest BCUT2D eigenvalue weighted by Crippen LogP contribution is 2.38. The number of nitrogens with zero attached hydrogens (tertiary/aromatic N) is 1. The highest BCUT2D eigenvalue weighted by atomic mass is 32.2. The van der Waals surface area contributed by atoms with E-state index < -0.39 is 15.9 Å². The summed E-state index contributed by atoms with van der Waals surface area (Å²) in [5, 5.41) is 11.0. The number of aromatic nitrogens is 1. The first-order chi connectivity index (χ1) is 8.38. The molecule has 3 unspecified atom stereocenters. The fraction of sp³-hybridized carbons (Fsp3) is 0.750. The summed E-state index contributed by atoms with van der Waals surface area (Å²) in [6, 6.07) is 0. The van der Waals surface area contributed by atoms with E-state index in [1.54, 1.807) is 6.20 Å².